The monoisotopic (exact) mass is 368 g/mol. The quantitative estimate of drug-likeness (QED) is 0.767. The van der Waals surface area contributed by atoms with Gasteiger partial charge in [0.05, 0.1) is 23.5 Å². The van der Waals surface area contributed by atoms with Gasteiger partial charge in [0.25, 0.3) is 0 Å². The Kier molecular flexibility index (Phi) is 4.31. The van der Waals surface area contributed by atoms with Crippen LogP contribution in [0.1, 0.15) is 49.9 Å². The first kappa shape index (κ1) is 17.0. The molecular formula is C16H24N4O4S. The van der Waals surface area contributed by atoms with Crippen molar-refractivity contribution >= 4 is 15.7 Å². The minimum Gasteiger partial charge on any atom is -0.340 e. The molecule has 138 valence electrons. The molecule has 0 spiro atoms. The molecule has 2 aliphatic heterocycles. The summed E-state index contributed by atoms with van der Waals surface area (Å²) in [6.07, 6.45) is 2.75. The number of carbonyl (C=O) groups excluding carboxylic acids is 1. The average Bonchev–Trinajstić information content (AvgIpc) is 3.22. The molecule has 0 N–H and O–H groups in total. The molecule has 3 aliphatic rings. The molecule has 1 amide bonds. The van der Waals surface area contributed by atoms with Gasteiger partial charge in [-0.05, 0) is 26.2 Å². The average molecular weight is 368 g/mol. The Balaban J connectivity index is 1.32. The highest BCUT2D eigenvalue weighted by Gasteiger charge is 2.37. The van der Waals surface area contributed by atoms with Crippen LogP contribution in [0.2, 0.25) is 0 Å². The lowest BCUT2D eigenvalue weighted by Gasteiger charge is -2.37. The second kappa shape index (κ2) is 6.35. The van der Waals surface area contributed by atoms with Gasteiger partial charge in [0.2, 0.25) is 11.8 Å². The number of aromatic nitrogens is 2. The number of piperazine rings is 1. The van der Waals surface area contributed by atoms with Crippen LogP contribution < -0.4 is 0 Å². The van der Waals surface area contributed by atoms with Crippen molar-refractivity contribution in [1.82, 2.24) is 19.9 Å². The molecule has 25 heavy (non-hydrogen) atoms. The summed E-state index contributed by atoms with van der Waals surface area (Å²) < 4.78 is 28.6. The van der Waals surface area contributed by atoms with Crippen LogP contribution >= 0.6 is 0 Å². The Bertz CT molecular complexity index is 750. The number of carbonyl (C=O) groups is 1. The molecule has 0 unspecified atom stereocenters. The van der Waals surface area contributed by atoms with Crippen molar-refractivity contribution in [2.45, 2.75) is 38.1 Å². The van der Waals surface area contributed by atoms with Crippen molar-refractivity contribution in [1.29, 1.82) is 0 Å². The van der Waals surface area contributed by atoms with Crippen LogP contribution in [0.4, 0.5) is 0 Å². The number of sulfone groups is 1. The van der Waals surface area contributed by atoms with Gasteiger partial charge in [0.1, 0.15) is 0 Å². The minimum atomic E-state index is -3.02. The van der Waals surface area contributed by atoms with Crippen molar-refractivity contribution < 1.29 is 17.7 Å². The Morgan fingerprint density at radius 3 is 2.52 bits per heavy atom. The topological polar surface area (TPSA) is 96.6 Å². The number of amides is 1. The zero-order chi connectivity index (χ0) is 17.6. The largest absolute Gasteiger partial charge is 0.340 e. The minimum absolute atomic E-state index is 0.00831. The fourth-order valence-electron chi connectivity index (χ4n) is 3.66. The van der Waals surface area contributed by atoms with E-state index in [2.05, 4.69) is 15.0 Å². The van der Waals surface area contributed by atoms with Crippen LogP contribution in [0.25, 0.3) is 0 Å². The third-order valence-electron chi connectivity index (χ3n) is 5.51. The first-order valence-electron chi connectivity index (χ1n) is 9.00. The maximum Gasteiger partial charge on any atom is 0.243 e. The molecule has 1 aliphatic carbocycles. The predicted octanol–water partition coefficient (Wildman–Crippen LogP) is 0.587. The van der Waals surface area contributed by atoms with Crippen molar-refractivity contribution in [2.75, 3.05) is 37.7 Å². The van der Waals surface area contributed by atoms with Crippen molar-refractivity contribution in [3.05, 3.63) is 11.7 Å². The lowest BCUT2D eigenvalue weighted by atomic mass is 10.1. The fraction of sp³-hybridized carbons (Fsp3) is 0.812. The first-order chi connectivity index (χ1) is 11.9. The zero-order valence-corrected chi connectivity index (χ0v) is 15.2. The highest BCUT2D eigenvalue weighted by atomic mass is 32.2. The van der Waals surface area contributed by atoms with Gasteiger partial charge in [-0.3, -0.25) is 9.69 Å². The molecule has 1 saturated carbocycles. The van der Waals surface area contributed by atoms with Gasteiger partial charge in [-0.15, -0.1) is 0 Å². The first-order valence-corrected chi connectivity index (χ1v) is 10.8. The summed E-state index contributed by atoms with van der Waals surface area (Å²) in [7, 11) is -3.02. The smallest absolute Gasteiger partial charge is 0.243 e. The summed E-state index contributed by atoms with van der Waals surface area (Å²) in [6, 6.07) is 0.0316. The molecule has 1 aromatic rings. The van der Waals surface area contributed by atoms with E-state index in [0.717, 1.165) is 31.8 Å². The third kappa shape index (κ3) is 3.57. The van der Waals surface area contributed by atoms with E-state index >= 15 is 0 Å². The van der Waals surface area contributed by atoms with E-state index in [4.69, 9.17) is 4.52 Å². The van der Waals surface area contributed by atoms with E-state index in [1.165, 1.54) is 0 Å². The van der Waals surface area contributed by atoms with E-state index in [9.17, 15) is 13.2 Å². The Morgan fingerprint density at radius 2 is 1.92 bits per heavy atom. The summed E-state index contributed by atoms with van der Waals surface area (Å²) in [5, 5.41) is 4.07. The Labute approximate surface area is 147 Å². The molecule has 0 aromatic carbocycles. The van der Waals surface area contributed by atoms with Gasteiger partial charge < -0.3 is 9.42 Å². The molecule has 1 aromatic heterocycles. The van der Waals surface area contributed by atoms with Gasteiger partial charge >= 0.3 is 0 Å². The molecule has 2 saturated heterocycles. The zero-order valence-electron chi connectivity index (χ0n) is 14.4. The van der Waals surface area contributed by atoms with Gasteiger partial charge in [0, 0.05) is 32.1 Å². The SMILES string of the molecule is C[C@H](c1nc(C2CC2)no1)N1CCN(C(=O)[C@@H]2CCS(=O)(=O)C2)CC1. The van der Waals surface area contributed by atoms with Crippen LogP contribution in [0.5, 0.6) is 0 Å². The third-order valence-corrected chi connectivity index (χ3v) is 7.28. The van der Waals surface area contributed by atoms with Crippen molar-refractivity contribution in [3.8, 4) is 0 Å². The lowest BCUT2D eigenvalue weighted by Crippen LogP contribution is -2.51. The maximum absolute atomic E-state index is 12.5. The van der Waals surface area contributed by atoms with Crippen LogP contribution in [0, 0.1) is 5.92 Å². The summed E-state index contributed by atoms with van der Waals surface area (Å²) >= 11 is 0. The number of rotatable bonds is 4. The van der Waals surface area contributed by atoms with Gasteiger partial charge in [-0.2, -0.15) is 4.98 Å². The number of nitrogens with zero attached hydrogens (tertiary/aromatic N) is 4. The molecule has 0 radical (unpaired) electrons. The molecular weight excluding hydrogens is 344 g/mol. The molecule has 3 heterocycles. The summed E-state index contributed by atoms with van der Waals surface area (Å²) in [5.41, 5.74) is 0. The van der Waals surface area contributed by atoms with Crippen molar-refractivity contribution in [3.63, 3.8) is 0 Å². The van der Waals surface area contributed by atoms with E-state index < -0.39 is 9.84 Å². The molecule has 0 bridgehead atoms. The van der Waals surface area contributed by atoms with E-state index in [-0.39, 0.29) is 29.4 Å². The van der Waals surface area contributed by atoms with Crippen LogP contribution in [0.15, 0.2) is 4.52 Å². The van der Waals surface area contributed by atoms with E-state index in [1.807, 2.05) is 6.92 Å². The molecule has 8 nitrogen and oxygen atoms in total. The maximum atomic E-state index is 12.5. The summed E-state index contributed by atoms with van der Waals surface area (Å²) in [4.78, 5) is 21.1. The van der Waals surface area contributed by atoms with Crippen molar-refractivity contribution in [2.24, 2.45) is 5.92 Å². The van der Waals surface area contributed by atoms with Crippen LogP contribution in [0.3, 0.4) is 0 Å². The highest BCUT2D eigenvalue weighted by molar-refractivity contribution is 7.91. The second-order valence-electron chi connectivity index (χ2n) is 7.40. The molecule has 2 atom stereocenters. The second-order valence-corrected chi connectivity index (χ2v) is 9.63. The Morgan fingerprint density at radius 1 is 1.20 bits per heavy atom. The van der Waals surface area contributed by atoms with E-state index in [0.29, 0.717) is 31.3 Å². The molecule has 4 rings (SSSR count). The van der Waals surface area contributed by atoms with Gasteiger partial charge in [-0.1, -0.05) is 5.16 Å². The van der Waals surface area contributed by atoms with Crippen LogP contribution in [-0.4, -0.2) is 72.0 Å². The number of hydrogen-bond donors (Lipinski definition) is 0. The van der Waals surface area contributed by atoms with Gasteiger partial charge in [-0.25, -0.2) is 8.42 Å². The van der Waals surface area contributed by atoms with Gasteiger partial charge in [0.15, 0.2) is 15.7 Å². The predicted molar refractivity (Wildman–Crippen MR) is 89.6 cm³/mol. The molecule has 9 heteroatoms. The lowest BCUT2D eigenvalue weighted by molar-refractivity contribution is -0.136. The molecule has 3 fully saturated rings. The fourth-order valence-corrected chi connectivity index (χ4v) is 5.39. The Hall–Kier alpha value is -1.48. The summed E-state index contributed by atoms with van der Waals surface area (Å²) in [5.74, 6) is 1.71. The normalized spacial score (nSPS) is 28.2. The summed E-state index contributed by atoms with van der Waals surface area (Å²) in [6.45, 7) is 4.74. The highest BCUT2D eigenvalue weighted by Crippen LogP contribution is 2.38. The van der Waals surface area contributed by atoms with E-state index in [1.54, 1.807) is 4.90 Å². The standard InChI is InChI=1S/C16H24N4O4S/c1-11(15-17-14(18-24-15)12-2-3-12)19-5-7-20(8-6-19)16(21)13-4-9-25(22,23)10-13/h11-13H,2-10H2,1H3/t11-,13-/m1/s1. The number of hydrogen-bond acceptors (Lipinski definition) is 7. The van der Waals surface area contributed by atoms with Crippen LogP contribution in [-0.2, 0) is 14.6 Å².